The molecule has 1 aromatic carbocycles. The van der Waals surface area contributed by atoms with Crippen molar-refractivity contribution in [1.82, 2.24) is 10.2 Å². The van der Waals surface area contributed by atoms with Crippen molar-refractivity contribution in [2.45, 2.75) is 39.4 Å². The molecule has 0 bridgehead atoms. The predicted octanol–water partition coefficient (Wildman–Crippen LogP) is 3.24. The molecule has 0 saturated carbocycles. The van der Waals surface area contributed by atoms with E-state index in [2.05, 4.69) is 36.5 Å². The second-order valence-corrected chi connectivity index (χ2v) is 8.19. The number of likely N-dealkylation sites (tertiary alicyclic amines) is 1. The molecule has 0 atom stereocenters. The van der Waals surface area contributed by atoms with Crippen LogP contribution in [-0.4, -0.2) is 42.1 Å². The second-order valence-electron chi connectivity index (χ2n) is 7.08. The van der Waals surface area contributed by atoms with Crippen molar-refractivity contribution in [3.05, 3.63) is 35.4 Å². The molecule has 1 aliphatic heterocycles. The number of hydrogen-bond donors (Lipinski definition) is 1. The molecule has 2 rings (SSSR count). The van der Waals surface area contributed by atoms with Crippen LogP contribution in [0.1, 0.15) is 37.8 Å². The van der Waals surface area contributed by atoms with E-state index in [1.54, 1.807) is 0 Å². The highest BCUT2D eigenvalue weighted by molar-refractivity contribution is 7.98. The molecule has 1 aliphatic rings. The second kappa shape index (κ2) is 9.85. The zero-order valence-electron chi connectivity index (χ0n) is 15.6. The first kappa shape index (κ1) is 19.8. The number of benzene rings is 1. The van der Waals surface area contributed by atoms with Crippen LogP contribution in [0.15, 0.2) is 24.3 Å². The average Bonchev–Trinajstić information content (AvgIpc) is 2.62. The molecule has 0 aromatic heterocycles. The Bertz CT molecular complexity index is 564. The van der Waals surface area contributed by atoms with Crippen LogP contribution in [0.3, 0.4) is 0 Å². The molecule has 138 valence electrons. The minimum Gasteiger partial charge on any atom is -0.355 e. The maximum atomic E-state index is 12.3. The first-order valence-corrected chi connectivity index (χ1v) is 10.3. The van der Waals surface area contributed by atoms with Gasteiger partial charge in [0.2, 0.25) is 11.8 Å². The van der Waals surface area contributed by atoms with Crippen molar-refractivity contribution in [3.63, 3.8) is 0 Å². The zero-order chi connectivity index (χ0) is 18.2. The van der Waals surface area contributed by atoms with E-state index in [-0.39, 0.29) is 23.7 Å². The van der Waals surface area contributed by atoms with E-state index in [9.17, 15) is 9.59 Å². The number of nitrogens with zero attached hydrogens (tertiary/aromatic N) is 1. The Morgan fingerprint density at radius 2 is 1.84 bits per heavy atom. The van der Waals surface area contributed by atoms with Gasteiger partial charge in [0.25, 0.3) is 0 Å². The monoisotopic (exact) mass is 362 g/mol. The summed E-state index contributed by atoms with van der Waals surface area (Å²) in [6.45, 7) is 8.07. The minimum atomic E-state index is 0.0379. The van der Waals surface area contributed by atoms with Crippen molar-refractivity contribution in [2.24, 2.45) is 11.8 Å². The quantitative estimate of drug-likeness (QED) is 0.758. The first-order valence-electron chi connectivity index (χ1n) is 9.17. The zero-order valence-corrected chi connectivity index (χ0v) is 16.4. The van der Waals surface area contributed by atoms with Crippen LogP contribution in [-0.2, 0) is 15.3 Å². The van der Waals surface area contributed by atoms with Crippen LogP contribution in [0.5, 0.6) is 0 Å². The Morgan fingerprint density at radius 1 is 1.20 bits per heavy atom. The fourth-order valence-electron chi connectivity index (χ4n) is 2.99. The predicted molar refractivity (Wildman–Crippen MR) is 104 cm³/mol. The maximum Gasteiger partial charge on any atom is 0.225 e. The number of hydrogen-bond acceptors (Lipinski definition) is 3. The normalized spacial score (nSPS) is 15.4. The topological polar surface area (TPSA) is 49.4 Å². The number of amides is 2. The lowest BCUT2D eigenvalue weighted by molar-refractivity contribution is -0.138. The van der Waals surface area contributed by atoms with Gasteiger partial charge in [-0.3, -0.25) is 9.59 Å². The highest BCUT2D eigenvalue weighted by Crippen LogP contribution is 2.19. The molecule has 0 aliphatic carbocycles. The molecule has 1 fully saturated rings. The lowest BCUT2D eigenvalue weighted by Crippen LogP contribution is -2.44. The molecule has 0 spiro atoms. The average molecular weight is 363 g/mol. The van der Waals surface area contributed by atoms with Gasteiger partial charge in [-0.2, -0.15) is 11.8 Å². The Morgan fingerprint density at radius 3 is 2.44 bits per heavy atom. The van der Waals surface area contributed by atoms with Gasteiger partial charge in [-0.05, 0) is 25.3 Å². The van der Waals surface area contributed by atoms with Crippen LogP contribution < -0.4 is 5.32 Å². The third-order valence-electron chi connectivity index (χ3n) is 4.61. The van der Waals surface area contributed by atoms with E-state index < -0.39 is 0 Å². The lowest BCUT2D eigenvalue weighted by Gasteiger charge is -2.32. The molecule has 4 nitrogen and oxygen atoms in total. The highest BCUT2D eigenvalue weighted by Gasteiger charge is 2.27. The standard InChI is InChI=1S/C20H30N2O2S/c1-15(2)20(24)22-11-8-18(9-12-22)19(23)21-10-13-25-14-17-6-4-16(3)5-7-17/h4-7,15,18H,8-14H2,1-3H3,(H,21,23). The van der Waals surface area contributed by atoms with Gasteiger partial charge in [-0.1, -0.05) is 43.7 Å². The third-order valence-corrected chi connectivity index (χ3v) is 5.64. The van der Waals surface area contributed by atoms with Crippen LogP contribution in [0.25, 0.3) is 0 Å². The van der Waals surface area contributed by atoms with Crippen molar-refractivity contribution in [2.75, 3.05) is 25.4 Å². The molecule has 1 N–H and O–H groups in total. The van der Waals surface area contributed by atoms with Gasteiger partial charge in [-0.25, -0.2) is 0 Å². The van der Waals surface area contributed by atoms with E-state index in [0.29, 0.717) is 19.6 Å². The number of aryl methyl sites for hydroxylation is 1. The summed E-state index contributed by atoms with van der Waals surface area (Å²) in [5.41, 5.74) is 2.60. The fraction of sp³-hybridized carbons (Fsp3) is 0.600. The van der Waals surface area contributed by atoms with Crippen molar-refractivity contribution in [1.29, 1.82) is 0 Å². The summed E-state index contributed by atoms with van der Waals surface area (Å²) in [6.07, 6.45) is 1.56. The smallest absolute Gasteiger partial charge is 0.225 e. The number of thioether (sulfide) groups is 1. The van der Waals surface area contributed by atoms with E-state index in [4.69, 9.17) is 0 Å². The molecule has 1 heterocycles. The molecule has 25 heavy (non-hydrogen) atoms. The molecular weight excluding hydrogens is 332 g/mol. The fourth-order valence-corrected chi connectivity index (χ4v) is 3.81. The van der Waals surface area contributed by atoms with Crippen molar-refractivity contribution >= 4 is 23.6 Å². The molecule has 1 aromatic rings. The van der Waals surface area contributed by atoms with Crippen LogP contribution >= 0.6 is 11.8 Å². The molecule has 0 unspecified atom stereocenters. The summed E-state index contributed by atoms with van der Waals surface area (Å²) in [5.74, 6) is 2.34. The van der Waals surface area contributed by atoms with Crippen LogP contribution in [0, 0.1) is 18.8 Å². The summed E-state index contributed by atoms with van der Waals surface area (Å²) in [4.78, 5) is 26.1. The molecular formula is C20H30N2O2S. The number of carbonyl (C=O) groups is 2. The number of carbonyl (C=O) groups excluding carboxylic acids is 2. The van der Waals surface area contributed by atoms with Crippen LogP contribution in [0.4, 0.5) is 0 Å². The molecule has 1 saturated heterocycles. The van der Waals surface area contributed by atoms with E-state index in [1.807, 2.05) is 30.5 Å². The van der Waals surface area contributed by atoms with Crippen molar-refractivity contribution in [3.8, 4) is 0 Å². The summed E-state index contributed by atoms with van der Waals surface area (Å²) < 4.78 is 0. The van der Waals surface area contributed by atoms with Gasteiger partial charge < -0.3 is 10.2 Å². The summed E-state index contributed by atoms with van der Waals surface area (Å²) in [6, 6.07) is 8.59. The first-order chi connectivity index (χ1) is 12.0. The SMILES string of the molecule is Cc1ccc(CSCCNC(=O)C2CCN(C(=O)C(C)C)CC2)cc1. The maximum absolute atomic E-state index is 12.3. The Balaban J connectivity index is 1.60. The summed E-state index contributed by atoms with van der Waals surface area (Å²) in [7, 11) is 0. The molecule has 2 amide bonds. The Labute approximate surface area is 155 Å². The highest BCUT2D eigenvalue weighted by atomic mass is 32.2. The summed E-state index contributed by atoms with van der Waals surface area (Å²) >= 11 is 1.84. The van der Waals surface area contributed by atoms with Gasteiger partial charge in [-0.15, -0.1) is 0 Å². The van der Waals surface area contributed by atoms with Gasteiger partial charge in [0, 0.05) is 43.0 Å². The van der Waals surface area contributed by atoms with Gasteiger partial charge in [0.15, 0.2) is 0 Å². The number of piperidine rings is 1. The molecule has 0 radical (unpaired) electrons. The number of rotatable bonds is 7. The number of nitrogens with one attached hydrogen (secondary N) is 1. The lowest BCUT2D eigenvalue weighted by atomic mass is 9.95. The molecule has 5 heteroatoms. The third kappa shape index (κ3) is 6.38. The summed E-state index contributed by atoms with van der Waals surface area (Å²) in [5, 5.41) is 3.05. The van der Waals surface area contributed by atoms with E-state index in [0.717, 1.165) is 24.3 Å². The largest absolute Gasteiger partial charge is 0.355 e. The van der Waals surface area contributed by atoms with Gasteiger partial charge in [0.1, 0.15) is 0 Å². The van der Waals surface area contributed by atoms with E-state index >= 15 is 0 Å². The minimum absolute atomic E-state index is 0.0379. The van der Waals surface area contributed by atoms with Gasteiger partial charge >= 0.3 is 0 Å². The van der Waals surface area contributed by atoms with E-state index in [1.165, 1.54) is 11.1 Å². The van der Waals surface area contributed by atoms with Crippen molar-refractivity contribution < 1.29 is 9.59 Å². The Kier molecular flexibility index (Phi) is 7.82. The van der Waals surface area contributed by atoms with Crippen LogP contribution in [0.2, 0.25) is 0 Å². The van der Waals surface area contributed by atoms with Gasteiger partial charge in [0.05, 0.1) is 0 Å². The Hall–Kier alpha value is -1.49.